The maximum Gasteiger partial charge on any atom is 0.401 e. The number of rotatable bonds is 6. The van der Waals surface area contributed by atoms with E-state index in [1.807, 2.05) is 44.4 Å². The Kier molecular flexibility index (Phi) is 5.70. The lowest BCUT2D eigenvalue weighted by atomic mass is 10.0. The molecule has 9 nitrogen and oxygen atoms in total. The van der Waals surface area contributed by atoms with E-state index in [-0.39, 0.29) is 6.54 Å². The van der Waals surface area contributed by atoms with Gasteiger partial charge in [-0.15, -0.1) is 5.10 Å². The van der Waals surface area contributed by atoms with Crippen molar-refractivity contribution < 1.29 is 13.2 Å². The Hall–Kier alpha value is -4.19. The van der Waals surface area contributed by atoms with E-state index in [2.05, 4.69) is 31.7 Å². The molecule has 2 aliphatic rings. The fraction of sp³-hybridized carbons (Fsp3) is 0.357. The summed E-state index contributed by atoms with van der Waals surface area (Å²) in [6.07, 6.45) is 0.490. The summed E-state index contributed by atoms with van der Waals surface area (Å²) >= 11 is 0. The Balaban J connectivity index is 1.13. The third kappa shape index (κ3) is 4.61. The Bertz CT molecular complexity index is 1720. The maximum atomic E-state index is 12.9. The van der Waals surface area contributed by atoms with Crippen LogP contribution in [0.4, 0.5) is 24.8 Å². The van der Waals surface area contributed by atoms with Crippen LogP contribution in [-0.4, -0.2) is 59.1 Å². The minimum Gasteiger partial charge on any atom is -0.341 e. The van der Waals surface area contributed by atoms with E-state index >= 15 is 0 Å². The van der Waals surface area contributed by atoms with Crippen molar-refractivity contribution in [2.24, 2.45) is 7.05 Å². The second-order valence-electron chi connectivity index (χ2n) is 10.8. The molecule has 2 aromatic carbocycles. The van der Waals surface area contributed by atoms with Gasteiger partial charge in [0.05, 0.1) is 29.6 Å². The number of hydrogen-bond acceptors (Lipinski definition) is 6. The third-order valence-electron chi connectivity index (χ3n) is 7.71. The van der Waals surface area contributed by atoms with Crippen molar-refractivity contribution in [2.45, 2.75) is 44.8 Å². The van der Waals surface area contributed by atoms with Crippen molar-refractivity contribution in [3.8, 4) is 22.8 Å². The topological polar surface area (TPSA) is 103 Å². The summed E-state index contributed by atoms with van der Waals surface area (Å²) in [7, 11) is 1.86. The Morgan fingerprint density at radius 2 is 1.98 bits per heavy atom. The molecule has 3 aromatic heterocycles. The first-order valence-electron chi connectivity index (χ1n) is 13.3. The molecule has 3 N–H and O–H groups in total. The standard InChI is InChI=1S/C28H28F3N9/c1-15-11-17(5-6-18(15)26-33-21-9-10-40(13-23(21)34-26)14-28(29,30)31)25-36-27(39(2)38-25)35-22-8-7-20-19(12-32-37-20)24(22)16-3-4-16/h5-8,11-12,16H,3-4,9-10,13-14H2,1-2H3,(H,32,37)(H,33,34)(H,35,36,38). The number of H-pyrrole nitrogens is 2. The van der Waals surface area contributed by atoms with Gasteiger partial charge in [0.1, 0.15) is 5.82 Å². The van der Waals surface area contributed by atoms with Gasteiger partial charge in [-0.3, -0.25) is 10.00 Å². The van der Waals surface area contributed by atoms with Crippen LogP contribution in [0.3, 0.4) is 0 Å². The van der Waals surface area contributed by atoms with Gasteiger partial charge < -0.3 is 10.3 Å². The zero-order valence-electron chi connectivity index (χ0n) is 22.1. The normalized spacial score (nSPS) is 16.0. The van der Waals surface area contributed by atoms with E-state index in [1.165, 1.54) is 23.3 Å². The summed E-state index contributed by atoms with van der Waals surface area (Å²) in [5.41, 5.74) is 7.62. The average molecular weight is 548 g/mol. The van der Waals surface area contributed by atoms with Gasteiger partial charge in [-0.05, 0) is 55.0 Å². The number of benzene rings is 2. The van der Waals surface area contributed by atoms with Crippen LogP contribution in [0.15, 0.2) is 36.5 Å². The number of nitrogens with zero attached hydrogens (tertiary/aromatic N) is 6. The van der Waals surface area contributed by atoms with Gasteiger partial charge in [0.25, 0.3) is 0 Å². The van der Waals surface area contributed by atoms with Gasteiger partial charge in [0, 0.05) is 48.8 Å². The van der Waals surface area contributed by atoms with E-state index < -0.39 is 12.7 Å². The maximum absolute atomic E-state index is 12.9. The van der Waals surface area contributed by atoms with Crippen molar-refractivity contribution >= 4 is 22.5 Å². The second kappa shape index (κ2) is 9.19. The van der Waals surface area contributed by atoms with E-state index in [0.717, 1.165) is 44.7 Å². The van der Waals surface area contributed by atoms with Gasteiger partial charge in [-0.2, -0.15) is 23.3 Å². The number of aromatic amines is 2. The molecule has 0 unspecified atom stereocenters. The van der Waals surface area contributed by atoms with Crippen molar-refractivity contribution in [3.05, 3.63) is 59.0 Å². The highest BCUT2D eigenvalue weighted by atomic mass is 19.4. The molecule has 1 aliphatic carbocycles. The Labute approximate surface area is 227 Å². The minimum atomic E-state index is -4.21. The molecule has 206 valence electrons. The molecule has 0 saturated heterocycles. The molecule has 0 atom stereocenters. The van der Waals surface area contributed by atoms with Crippen LogP contribution in [0.1, 0.15) is 41.3 Å². The number of anilines is 2. The van der Waals surface area contributed by atoms with Crippen LogP contribution in [0.2, 0.25) is 0 Å². The SMILES string of the molecule is Cc1cc(-c2nc(Nc3ccc4[nH]ncc4c3C3CC3)n(C)n2)ccc1-c1nc2c([nH]1)CN(CC(F)(F)F)CC2. The molecule has 0 radical (unpaired) electrons. The van der Waals surface area contributed by atoms with Crippen molar-refractivity contribution in [2.75, 3.05) is 18.4 Å². The van der Waals surface area contributed by atoms with Crippen molar-refractivity contribution in [1.82, 2.24) is 39.8 Å². The summed E-state index contributed by atoms with van der Waals surface area (Å²) < 4.78 is 40.3. The molecule has 7 rings (SSSR count). The number of nitrogens with one attached hydrogen (secondary N) is 3. The molecule has 12 heteroatoms. The van der Waals surface area contributed by atoms with Gasteiger partial charge in [-0.1, -0.05) is 12.1 Å². The number of aromatic nitrogens is 7. The van der Waals surface area contributed by atoms with E-state index in [0.29, 0.717) is 36.5 Å². The summed E-state index contributed by atoms with van der Waals surface area (Å²) in [4.78, 5) is 14.2. The van der Waals surface area contributed by atoms with E-state index in [1.54, 1.807) is 4.68 Å². The smallest absolute Gasteiger partial charge is 0.341 e. The molecule has 1 fully saturated rings. The fourth-order valence-electron chi connectivity index (χ4n) is 5.63. The molecular weight excluding hydrogens is 519 g/mol. The van der Waals surface area contributed by atoms with Crippen LogP contribution >= 0.6 is 0 Å². The highest BCUT2D eigenvalue weighted by molar-refractivity contribution is 5.89. The van der Waals surface area contributed by atoms with Gasteiger partial charge in [0.2, 0.25) is 5.95 Å². The summed E-state index contributed by atoms with van der Waals surface area (Å²) in [5.74, 6) is 2.43. The number of hydrogen-bond donors (Lipinski definition) is 3. The van der Waals surface area contributed by atoms with E-state index in [9.17, 15) is 13.2 Å². The van der Waals surface area contributed by atoms with Crippen molar-refractivity contribution in [1.29, 1.82) is 0 Å². The minimum absolute atomic E-state index is 0.211. The molecule has 4 heterocycles. The lowest BCUT2D eigenvalue weighted by Gasteiger charge is -2.26. The lowest BCUT2D eigenvalue weighted by Crippen LogP contribution is -2.38. The quantitative estimate of drug-likeness (QED) is 0.256. The third-order valence-corrected chi connectivity index (χ3v) is 7.71. The molecule has 1 aliphatic heterocycles. The first-order valence-corrected chi connectivity index (χ1v) is 13.3. The number of imidazole rings is 1. The van der Waals surface area contributed by atoms with E-state index in [4.69, 9.17) is 9.97 Å². The molecule has 40 heavy (non-hydrogen) atoms. The fourth-order valence-corrected chi connectivity index (χ4v) is 5.63. The Morgan fingerprint density at radius 1 is 1.12 bits per heavy atom. The highest BCUT2D eigenvalue weighted by Gasteiger charge is 2.33. The van der Waals surface area contributed by atoms with Gasteiger partial charge >= 0.3 is 6.18 Å². The number of halogens is 3. The zero-order chi connectivity index (χ0) is 27.6. The first kappa shape index (κ1) is 24.8. The summed E-state index contributed by atoms with van der Waals surface area (Å²) in [5, 5.41) is 16.6. The molecular formula is C28H28F3N9. The number of alkyl halides is 3. The van der Waals surface area contributed by atoms with Crippen LogP contribution < -0.4 is 5.32 Å². The van der Waals surface area contributed by atoms with Crippen LogP contribution in [0.25, 0.3) is 33.7 Å². The first-order chi connectivity index (χ1) is 19.2. The average Bonchev–Trinajstić information content (AvgIpc) is 3.29. The monoisotopic (exact) mass is 547 g/mol. The Morgan fingerprint density at radius 3 is 2.75 bits per heavy atom. The zero-order valence-corrected chi connectivity index (χ0v) is 22.1. The molecule has 5 aromatic rings. The highest BCUT2D eigenvalue weighted by Crippen LogP contribution is 2.47. The van der Waals surface area contributed by atoms with Gasteiger partial charge in [-0.25, -0.2) is 9.67 Å². The molecule has 1 saturated carbocycles. The number of aryl methyl sites for hydroxylation is 2. The van der Waals surface area contributed by atoms with Gasteiger partial charge in [0.15, 0.2) is 5.82 Å². The number of fused-ring (bicyclic) bond motifs is 2. The van der Waals surface area contributed by atoms with Crippen LogP contribution in [-0.2, 0) is 20.0 Å². The molecule has 0 bridgehead atoms. The molecule has 0 spiro atoms. The predicted molar refractivity (Wildman–Crippen MR) is 145 cm³/mol. The summed E-state index contributed by atoms with van der Waals surface area (Å²) in [6, 6.07) is 10.0. The predicted octanol–water partition coefficient (Wildman–Crippen LogP) is 5.60. The summed E-state index contributed by atoms with van der Waals surface area (Å²) in [6.45, 7) is 1.62. The second-order valence-corrected chi connectivity index (χ2v) is 10.8. The lowest BCUT2D eigenvalue weighted by molar-refractivity contribution is -0.147. The van der Waals surface area contributed by atoms with Crippen LogP contribution in [0, 0.1) is 6.92 Å². The largest absolute Gasteiger partial charge is 0.401 e. The van der Waals surface area contributed by atoms with Crippen molar-refractivity contribution in [3.63, 3.8) is 0 Å². The molecule has 0 amide bonds. The van der Waals surface area contributed by atoms with Crippen LogP contribution in [0.5, 0.6) is 0 Å².